The first-order chi connectivity index (χ1) is 9.16. The number of ether oxygens (including phenoxy) is 1. The first-order valence-electron chi connectivity index (χ1n) is 6.71. The van der Waals surface area contributed by atoms with Gasteiger partial charge in [-0.3, -0.25) is 4.79 Å². The van der Waals surface area contributed by atoms with E-state index in [0.717, 1.165) is 31.7 Å². The van der Waals surface area contributed by atoms with Gasteiger partial charge in [0.15, 0.2) is 0 Å². The molecule has 5 heteroatoms. The lowest BCUT2D eigenvalue weighted by Crippen LogP contribution is -2.22. The van der Waals surface area contributed by atoms with Gasteiger partial charge in [-0.25, -0.2) is 0 Å². The number of nitrogens with two attached hydrogens (primary N) is 2. The van der Waals surface area contributed by atoms with E-state index < -0.39 is 5.91 Å². The average Bonchev–Trinajstić information content (AvgIpc) is 2.41. The molecule has 1 amide bonds. The third kappa shape index (κ3) is 3.86. The lowest BCUT2D eigenvalue weighted by Gasteiger charge is -2.22. The number of hydrogen-bond donors (Lipinski definition) is 3. The van der Waals surface area contributed by atoms with E-state index in [4.69, 9.17) is 16.2 Å². The predicted molar refractivity (Wildman–Crippen MR) is 76.1 cm³/mol. The number of benzene rings is 1. The number of rotatable bonds is 5. The molecule has 5 N–H and O–H groups in total. The van der Waals surface area contributed by atoms with Crippen molar-refractivity contribution < 1.29 is 9.53 Å². The Bertz CT molecular complexity index is 442. The highest BCUT2D eigenvalue weighted by molar-refractivity contribution is 5.98. The van der Waals surface area contributed by atoms with Crippen LogP contribution in [-0.2, 0) is 4.74 Å². The van der Waals surface area contributed by atoms with Crippen molar-refractivity contribution in [3.63, 3.8) is 0 Å². The second-order valence-electron chi connectivity index (χ2n) is 4.87. The fourth-order valence-electron chi connectivity index (χ4n) is 2.29. The zero-order chi connectivity index (χ0) is 13.7. The molecular weight excluding hydrogens is 242 g/mol. The summed E-state index contributed by atoms with van der Waals surface area (Å²) in [6.07, 6.45) is 4.87. The fraction of sp³-hybridized carbons (Fsp3) is 0.500. The molecule has 1 saturated heterocycles. The van der Waals surface area contributed by atoms with Crippen LogP contribution in [0, 0.1) is 0 Å². The van der Waals surface area contributed by atoms with Crippen molar-refractivity contribution in [1.29, 1.82) is 0 Å². The number of primary amides is 1. The van der Waals surface area contributed by atoms with E-state index in [0.29, 0.717) is 17.4 Å². The van der Waals surface area contributed by atoms with Gasteiger partial charge in [-0.05, 0) is 43.9 Å². The topological polar surface area (TPSA) is 90.4 Å². The van der Waals surface area contributed by atoms with Crippen LogP contribution in [-0.4, -0.2) is 25.2 Å². The summed E-state index contributed by atoms with van der Waals surface area (Å²) >= 11 is 0. The molecule has 0 bridgehead atoms. The molecule has 1 aliphatic heterocycles. The first-order valence-corrected chi connectivity index (χ1v) is 6.71. The Morgan fingerprint density at radius 1 is 1.42 bits per heavy atom. The van der Waals surface area contributed by atoms with E-state index in [1.54, 1.807) is 12.1 Å². The van der Waals surface area contributed by atoms with E-state index in [9.17, 15) is 4.79 Å². The van der Waals surface area contributed by atoms with Crippen LogP contribution in [0.2, 0.25) is 0 Å². The van der Waals surface area contributed by atoms with Gasteiger partial charge in [-0.15, -0.1) is 0 Å². The molecule has 1 fully saturated rings. The molecule has 1 atom stereocenters. The maximum Gasteiger partial charge on any atom is 0.250 e. The normalized spacial score (nSPS) is 19.1. The molecule has 1 heterocycles. The van der Waals surface area contributed by atoms with Gasteiger partial charge in [0.05, 0.1) is 11.7 Å². The molecule has 0 spiro atoms. The Hall–Kier alpha value is -1.75. The number of nitrogens with one attached hydrogen (secondary N) is 1. The summed E-state index contributed by atoms with van der Waals surface area (Å²) in [4.78, 5) is 11.2. The van der Waals surface area contributed by atoms with E-state index in [2.05, 4.69) is 5.32 Å². The van der Waals surface area contributed by atoms with E-state index in [-0.39, 0.29) is 0 Å². The number of nitrogen functional groups attached to an aromatic ring is 1. The number of carbonyl (C=O) groups excluding carboxylic acids is 1. The number of hydrogen-bond acceptors (Lipinski definition) is 4. The molecule has 0 aliphatic carbocycles. The Labute approximate surface area is 113 Å². The molecule has 1 aromatic carbocycles. The highest BCUT2D eigenvalue weighted by atomic mass is 16.5. The van der Waals surface area contributed by atoms with Crippen LogP contribution in [0.1, 0.15) is 36.0 Å². The highest BCUT2D eigenvalue weighted by Crippen LogP contribution is 2.19. The van der Waals surface area contributed by atoms with Crippen molar-refractivity contribution in [3.8, 4) is 0 Å². The summed E-state index contributed by atoms with van der Waals surface area (Å²) in [7, 11) is 0. The summed E-state index contributed by atoms with van der Waals surface area (Å²) in [5.41, 5.74) is 12.6. The Morgan fingerprint density at radius 3 is 2.95 bits per heavy atom. The Kier molecular flexibility index (Phi) is 4.63. The molecule has 2 rings (SSSR count). The van der Waals surface area contributed by atoms with Crippen molar-refractivity contribution in [1.82, 2.24) is 0 Å². The van der Waals surface area contributed by atoms with Crippen LogP contribution >= 0.6 is 0 Å². The van der Waals surface area contributed by atoms with Crippen LogP contribution in [0.3, 0.4) is 0 Å². The van der Waals surface area contributed by atoms with Gasteiger partial charge >= 0.3 is 0 Å². The molecule has 1 aromatic rings. The standard InChI is InChI=1S/C14H21N3O2/c15-13-5-4-10(9-12(13)14(16)18)17-7-6-11-3-1-2-8-19-11/h4-5,9,11,17H,1-3,6-8,15H2,(H2,16,18). The number of carbonyl (C=O) groups is 1. The maximum atomic E-state index is 11.2. The van der Waals surface area contributed by atoms with Crippen LogP contribution in [0.5, 0.6) is 0 Å². The van der Waals surface area contributed by atoms with Gasteiger partial charge < -0.3 is 21.5 Å². The lowest BCUT2D eigenvalue weighted by atomic mass is 10.1. The third-order valence-corrected chi connectivity index (χ3v) is 3.39. The monoisotopic (exact) mass is 263 g/mol. The Morgan fingerprint density at radius 2 is 2.26 bits per heavy atom. The van der Waals surface area contributed by atoms with Crippen molar-refractivity contribution in [2.75, 3.05) is 24.2 Å². The van der Waals surface area contributed by atoms with Gasteiger partial charge in [0, 0.05) is 24.5 Å². The molecule has 1 aliphatic rings. The minimum Gasteiger partial charge on any atom is -0.398 e. The van der Waals surface area contributed by atoms with Crippen molar-refractivity contribution in [2.24, 2.45) is 5.73 Å². The average molecular weight is 263 g/mol. The molecule has 1 unspecified atom stereocenters. The lowest BCUT2D eigenvalue weighted by molar-refractivity contribution is 0.0134. The minimum absolute atomic E-state index is 0.352. The molecule has 5 nitrogen and oxygen atoms in total. The molecule has 104 valence electrons. The van der Waals surface area contributed by atoms with E-state index >= 15 is 0 Å². The van der Waals surface area contributed by atoms with Crippen molar-refractivity contribution >= 4 is 17.3 Å². The minimum atomic E-state index is -0.503. The zero-order valence-corrected chi connectivity index (χ0v) is 11.0. The smallest absolute Gasteiger partial charge is 0.250 e. The summed E-state index contributed by atoms with van der Waals surface area (Å²) in [5, 5.41) is 3.27. The summed E-state index contributed by atoms with van der Waals surface area (Å²) in [6.45, 7) is 1.69. The summed E-state index contributed by atoms with van der Waals surface area (Å²) < 4.78 is 5.66. The quantitative estimate of drug-likeness (QED) is 0.706. The van der Waals surface area contributed by atoms with Gasteiger partial charge in [0.2, 0.25) is 0 Å². The maximum absolute atomic E-state index is 11.2. The van der Waals surface area contributed by atoms with Crippen molar-refractivity contribution in [2.45, 2.75) is 31.8 Å². The molecule has 0 saturated carbocycles. The van der Waals surface area contributed by atoms with Crippen molar-refractivity contribution in [3.05, 3.63) is 23.8 Å². The largest absolute Gasteiger partial charge is 0.398 e. The van der Waals surface area contributed by atoms with E-state index in [1.807, 2.05) is 6.07 Å². The van der Waals surface area contributed by atoms with Crippen LogP contribution in [0.4, 0.5) is 11.4 Å². The number of anilines is 2. The van der Waals surface area contributed by atoms with Gasteiger partial charge in [-0.1, -0.05) is 0 Å². The summed E-state index contributed by atoms with van der Waals surface area (Å²) in [5.74, 6) is -0.503. The first kappa shape index (κ1) is 13.7. The Balaban J connectivity index is 1.85. The highest BCUT2D eigenvalue weighted by Gasteiger charge is 2.13. The fourth-order valence-corrected chi connectivity index (χ4v) is 2.29. The second-order valence-corrected chi connectivity index (χ2v) is 4.87. The summed E-state index contributed by atoms with van der Waals surface area (Å²) in [6, 6.07) is 5.24. The van der Waals surface area contributed by atoms with Crippen LogP contribution < -0.4 is 16.8 Å². The molecule has 19 heavy (non-hydrogen) atoms. The molecule has 0 radical (unpaired) electrons. The predicted octanol–water partition coefficient (Wildman–Crippen LogP) is 1.74. The number of amides is 1. The second kappa shape index (κ2) is 6.43. The van der Waals surface area contributed by atoms with Crippen LogP contribution in [0.15, 0.2) is 18.2 Å². The molecular formula is C14H21N3O2. The third-order valence-electron chi connectivity index (χ3n) is 3.39. The van der Waals surface area contributed by atoms with Crippen LogP contribution in [0.25, 0.3) is 0 Å². The van der Waals surface area contributed by atoms with Gasteiger partial charge in [-0.2, -0.15) is 0 Å². The van der Waals surface area contributed by atoms with E-state index in [1.165, 1.54) is 12.8 Å². The van der Waals surface area contributed by atoms with Gasteiger partial charge in [0.25, 0.3) is 5.91 Å². The van der Waals surface area contributed by atoms with Gasteiger partial charge in [0.1, 0.15) is 0 Å². The zero-order valence-electron chi connectivity index (χ0n) is 11.0. The SMILES string of the molecule is NC(=O)c1cc(NCCC2CCCCO2)ccc1N. The molecule has 0 aromatic heterocycles.